The normalized spacial score (nSPS) is 12.6. The highest BCUT2D eigenvalue weighted by Crippen LogP contribution is 2.35. The van der Waals surface area contributed by atoms with E-state index < -0.39 is 6.10 Å². The first-order valence-electron chi connectivity index (χ1n) is 9.76. The minimum atomic E-state index is -0.930. The standard InChI is InChI=1S/C24H24F2N2O2/c1-15(2)24-27-22(17-4-8-19(25)9-5-17)23(18-6-10-20(26)11-7-18)28(24)13-12-21(30)14-16(3)29/h4-13,15,21,30H,14H2,1-3H3. The maximum Gasteiger partial charge on any atom is 0.132 e. The summed E-state index contributed by atoms with van der Waals surface area (Å²) < 4.78 is 28.8. The predicted octanol–water partition coefficient (Wildman–Crippen LogP) is 5.43. The first-order valence-corrected chi connectivity index (χ1v) is 9.76. The fourth-order valence-electron chi connectivity index (χ4n) is 3.25. The molecule has 1 atom stereocenters. The fourth-order valence-corrected chi connectivity index (χ4v) is 3.25. The van der Waals surface area contributed by atoms with Gasteiger partial charge in [-0.15, -0.1) is 0 Å². The van der Waals surface area contributed by atoms with E-state index in [0.717, 1.165) is 11.4 Å². The van der Waals surface area contributed by atoms with E-state index in [1.807, 2.05) is 18.4 Å². The number of benzene rings is 2. The Bertz CT molecular complexity index is 1050. The van der Waals surface area contributed by atoms with Gasteiger partial charge in [-0.05, 0) is 61.5 Å². The van der Waals surface area contributed by atoms with Gasteiger partial charge in [0.2, 0.25) is 0 Å². The van der Waals surface area contributed by atoms with E-state index in [0.29, 0.717) is 17.0 Å². The molecule has 30 heavy (non-hydrogen) atoms. The van der Waals surface area contributed by atoms with Crippen molar-refractivity contribution in [2.24, 2.45) is 0 Å². The van der Waals surface area contributed by atoms with Crippen molar-refractivity contribution < 1.29 is 18.7 Å². The van der Waals surface area contributed by atoms with E-state index in [1.165, 1.54) is 37.3 Å². The van der Waals surface area contributed by atoms with Crippen LogP contribution in [-0.4, -0.2) is 26.5 Å². The second-order valence-electron chi connectivity index (χ2n) is 7.52. The maximum atomic E-state index is 13.5. The summed E-state index contributed by atoms with van der Waals surface area (Å²) in [6.45, 7) is 5.40. The van der Waals surface area contributed by atoms with Crippen LogP contribution in [0.15, 0.2) is 54.6 Å². The van der Waals surface area contributed by atoms with Gasteiger partial charge in [0.15, 0.2) is 0 Å². The molecule has 2 aromatic carbocycles. The van der Waals surface area contributed by atoms with E-state index in [-0.39, 0.29) is 29.8 Å². The minimum Gasteiger partial charge on any atom is -0.389 e. The summed E-state index contributed by atoms with van der Waals surface area (Å²) in [5.74, 6) is -0.0666. The van der Waals surface area contributed by atoms with Gasteiger partial charge in [0, 0.05) is 29.7 Å². The summed E-state index contributed by atoms with van der Waals surface area (Å²) in [7, 11) is 0. The lowest BCUT2D eigenvalue weighted by atomic mass is 10.0. The van der Waals surface area contributed by atoms with Crippen molar-refractivity contribution in [1.29, 1.82) is 0 Å². The third-order valence-electron chi connectivity index (χ3n) is 4.64. The molecule has 1 heterocycles. The number of carbonyl (C=O) groups excluding carboxylic acids is 1. The molecule has 0 aliphatic heterocycles. The average molecular weight is 410 g/mol. The number of Topliss-reactive ketones (excluding diaryl/α,β-unsaturated/α-hetero) is 1. The molecule has 1 aromatic heterocycles. The van der Waals surface area contributed by atoms with E-state index >= 15 is 0 Å². The lowest BCUT2D eigenvalue weighted by Crippen LogP contribution is -2.09. The Balaban J connectivity index is 2.22. The molecular weight excluding hydrogens is 386 g/mol. The molecule has 0 saturated carbocycles. The molecule has 0 aliphatic carbocycles. The molecule has 0 radical (unpaired) electrons. The van der Waals surface area contributed by atoms with Crippen LogP contribution in [0.25, 0.3) is 28.7 Å². The lowest BCUT2D eigenvalue weighted by molar-refractivity contribution is -0.118. The van der Waals surface area contributed by atoms with Gasteiger partial charge in [-0.3, -0.25) is 4.79 Å². The number of hydrogen-bond acceptors (Lipinski definition) is 3. The van der Waals surface area contributed by atoms with Crippen molar-refractivity contribution in [2.75, 3.05) is 0 Å². The first kappa shape index (κ1) is 21.6. The molecule has 0 bridgehead atoms. The van der Waals surface area contributed by atoms with Crippen LogP contribution in [0.1, 0.15) is 38.9 Å². The van der Waals surface area contributed by atoms with Crippen LogP contribution >= 0.6 is 0 Å². The number of rotatable bonds is 7. The number of ketones is 1. The molecule has 3 rings (SSSR count). The van der Waals surface area contributed by atoms with Crippen LogP contribution < -0.4 is 0 Å². The summed E-state index contributed by atoms with van der Waals surface area (Å²) in [6, 6.07) is 12.1. The van der Waals surface area contributed by atoms with Gasteiger partial charge in [0.25, 0.3) is 0 Å². The Morgan fingerprint density at radius 3 is 2.07 bits per heavy atom. The first-order chi connectivity index (χ1) is 14.3. The molecule has 156 valence electrons. The predicted molar refractivity (Wildman–Crippen MR) is 114 cm³/mol. The van der Waals surface area contributed by atoms with Gasteiger partial charge in [0.05, 0.1) is 17.5 Å². The third kappa shape index (κ3) is 4.89. The molecule has 0 aliphatic rings. The fraction of sp³-hybridized carbons (Fsp3) is 0.250. The monoisotopic (exact) mass is 410 g/mol. The molecule has 0 spiro atoms. The number of aliphatic hydroxyl groups excluding tert-OH is 1. The zero-order valence-electron chi connectivity index (χ0n) is 17.1. The Morgan fingerprint density at radius 2 is 1.57 bits per heavy atom. The van der Waals surface area contributed by atoms with E-state index in [9.17, 15) is 18.7 Å². The number of aromatic nitrogens is 2. The number of aliphatic hydroxyl groups is 1. The molecule has 3 aromatic rings. The largest absolute Gasteiger partial charge is 0.389 e. The smallest absolute Gasteiger partial charge is 0.132 e. The molecule has 4 nitrogen and oxygen atoms in total. The summed E-state index contributed by atoms with van der Waals surface area (Å²) >= 11 is 0. The highest BCUT2D eigenvalue weighted by Gasteiger charge is 2.21. The number of nitrogens with zero attached hydrogens (tertiary/aromatic N) is 2. The molecule has 1 N–H and O–H groups in total. The Hall–Kier alpha value is -3.12. The second kappa shape index (κ2) is 9.13. The number of halogens is 2. The molecule has 6 heteroatoms. The average Bonchev–Trinajstić information content (AvgIpc) is 3.07. The summed E-state index contributed by atoms with van der Waals surface area (Å²) in [5, 5.41) is 10.1. The van der Waals surface area contributed by atoms with Crippen molar-refractivity contribution in [2.45, 2.75) is 39.2 Å². The summed E-state index contributed by atoms with van der Waals surface area (Å²) in [6.07, 6.45) is 2.30. The molecule has 0 amide bonds. The molecule has 0 fully saturated rings. The summed E-state index contributed by atoms with van der Waals surface area (Å²) in [4.78, 5) is 16.1. The van der Waals surface area contributed by atoms with Gasteiger partial charge in [0.1, 0.15) is 23.2 Å². The Morgan fingerprint density at radius 1 is 1.03 bits per heavy atom. The Labute approximate surface area is 174 Å². The van der Waals surface area contributed by atoms with E-state index in [2.05, 4.69) is 0 Å². The maximum absolute atomic E-state index is 13.5. The summed E-state index contributed by atoms with van der Waals surface area (Å²) in [5.41, 5.74) is 2.75. The van der Waals surface area contributed by atoms with Gasteiger partial charge in [-0.1, -0.05) is 13.8 Å². The van der Waals surface area contributed by atoms with Crippen LogP contribution in [0, 0.1) is 11.6 Å². The van der Waals surface area contributed by atoms with Gasteiger partial charge >= 0.3 is 0 Å². The van der Waals surface area contributed by atoms with Crippen molar-refractivity contribution in [3.63, 3.8) is 0 Å². The van der Waals surface area contributed by atoms with Crippen LogP contribution in [0.5, 0.6) is 0 Å². The van der Waals surface area contributed by atoms with Crippen molar-refractivity contribution >= 4 is 12.0 Å². The van der Waals surface area contributed by atoms with E-state index in [4.69, 9.17) is 4.98 Å². The highest BCUT2D eigenvalue weighted by molar-refractivity contribution is 5.81. The van der Waals surface area contributed by atoms with Gasteiger partial charge < -0.3 is 9.67 Å². The van der Waals surface area contributed by atoms with Gasteiger partial charge in [-0.25, -0.2) is 13.8 Å². The quantitative estimate of drug-likeness (QED) is 0.565. The minimum absolute atomic E-state index is 0.0128. The SMILES string of the molecule is CC(=O)CC(O)C=Cn1c(C(C)C)nc(-c2ccc(F)cc2)c1-c1ccc(F)cc1. The van der Waals surface area contributed by atoms with Crippen molar-refractivity contribution in [3.8, 4) is 22.5 Å². The molecule has 0 saturated heterocycles. The highest BCUT2D eigenvalue weighted by atomic mass is 19.1. The number of hydrogen-bond donors (Lipinski definition) is 1. The van der Waals surface area contributed by atoms with Gasteiger partial charge in [-0.2, -0.15) is 0 Å². The van der Waals surface area contributed by atoms with E-state index in [1.54, 1.807) is 30.5 Å². The van der Waals surface area contributed by atoms with Crippen LogP contribution in [0.2, 0.25) is 0 Å². The van der Waals surface area contributed by atoms with Crippen LogP contribution in [0.3, 0.4) is 0 Å². The van der Waals surface area contributed by atoms with Crippen LogP contribution in [0.4, 0.5) is 8.78 Å². The number of imidazole rings is 1. The molecule has 1 unspecified atom stereocenters. The number of carbonyl (C=O) groups is 1. The van der Waals surface area contributed by atoms with Crippen molar-refractivity contribution in [3.05, 3.63) is 72.1 Å². The zero-order valence-corrected chi connectivity index (χ0v) is 17.1. The zero-order chi connectivity index (χ0) is 21.8. The lowest BCUT2D eigenvalue weighted by Gasteiger charge is -2.12. The molecular formula is C24H24F2N2O2. The van der Waals surface area contributed by atoms with Crippen molar-refractivity contribution in [1.82, 2.24) is 9.55 Å². The van der Waals surface area contributed by atoms with Crippen LogP contribution in [-0.2, 0) is 4.79 Å². The topological polar surface area (TPSA) is 55.1 Å². The Kier molecular flexibility index (Phi) is 6.57. The third-order valence-corrected chi connectivity index (χ3v) is 4.64. The second-order valence-corrected chi connectivity index (χ2v) is 7.52.